The SMILES string of the molecule is Cc1ccc(S(=O)(=O)C(O)C(O)C(O)[Si](C(C)C)(C(C)C)C(C)C)cc1. The maximum Gasteiger partial charge on any atom is 0.207 e. The molecule has 1 rings (SSSR count). The molecular formula is C19H34O5SSi. The lowest BCUT2D eigenvalue weighted by atomic mass is 10.2. The van der Waals surface area contributed by atoms with Crippen molar-refractivity contribution in [3.63, 3.8) is 0 Å². The highest BCUT2D eigenvalue weighted by atomic mass is 32.2. The molecule has 0 amide bonds. The Hall–Kier alpha value is -0.733. The molecule has 3 N–H and O–H groups in total. The molecule has 0 aromatic heterocycles. The highest BCUT2D eigenvalue weighted by Crippen LogP contribution is 2.45. The second-order valence-corrected chi connectivity index (χ2v) is 16.2. The van der Waals surface area contributed by atoms with E-state index in [4.69, 9.17) is 0 Å². The summed E-state index contributed by atoms with van der Waals surface area (Å²) < 4.78 is 25.4. The van der Waals surface area contributed by atoms with Crippen molar-refractivity contribution in [2.75, 3.05) is 0 Å². The first kappa shape index (κ1) is 23.3. The summed E-state index contributed by atoms with van der Waals surface area (Å²) in [6.45, 7) is 13.9. The predicted molar refractivity (Wildman–Crippen MR) is 107 cm³/mol. The van der Waals surface area contributed by atoms with Gasteiger partial charge < -0.3 is 15.3 Å². The normalized spacial score (nSPS) is 17.0. The van der Waals surface area contributed by atoms with Crippen LogP contribution >= 0.6 is 0 Å². The molecule has 0 spiro atoms. The Balaban J connectivity index is 3.31. The molecule has 0 aliphatic rings. The molecule has 0 aliphatic carbocycles. The number of aliphatic hydroxyl groups is 3. The molecule has 3 atom stereocenters. The van der Waals surface area contributed by atoms with E-state index in [0.717, 1.165) is 5.56 Å². The lowest BCUT2D eigenvalue weighted by Gasteiger charge is -2.48. The van der Waals surface area contributed by atoms with Crippen molar-refractivity contribution >= 4 is 17.9 Å². The van der Waals surface area contributed by atoms with Gasteiger partial charge in [-0.3, -0.25) is 0 Å². The highest BCUT2D eigenvalue weighted by Gasteiger charge is 2.53. The van der Waals surface area contributed by atoms with E-state index in [9.17, 15) is 23.7 Å². The second-order valence-electron chi connectivity index (χ2n) is 8.15. The van der Waals surface area contributed by atoms with Gasteiger partial charge in [0, 0.05) is 0 Å². The van der Waals surface area contributed by atoms with Gasteiger partial charge in [-0.1, -0.05) is 59.2 Å². The first-order valence-corrected chi connectivity index (χ1v) is 13.0. The van der Waals surface area contributed by atoms with Crippen LogP contribution in [0.1, 0.15) is 47.1 Å². The summed E-state index contributed by atoms with van der Waals surface area (Å²) in [5, 5.41) is 32.2. The zero-order valence-electron chi connectivity index (χ0n) is 16.8. The molecule has 7 heteroatoms. The molecular weight excluding hydrogens is 368 g/mol. The number of hydrogen-bond acceptors (Lipinski definition) is 5. The summed E-state index contributed by atoms with van der Waals surface area (Å²) in [4.78, 5) is -0.0623. The van der Waals surface area contributed by atoms with Crippen molar-refractivity contribution in [1.29, 1.82) is 0 Å². The monoisotopic (exact) mass is 402 g/mol. The minimum atomic E-state index is -4.17. The summed E-state index contributed by atoms with van der Waals surface area (Å²) >= 11 is 0. The molecule has 0 saturated heterocycles. The Morgan fingerprint density at radius 2 is 1.19 bits per heavy atom. The van der Waals surface area contributed by atoms with E-state index < -0.39 is 35.2 Å². The number of sulfone groups is 1. The molecule has 0 radical (unpaired) electrons. The third-order valence-electron chi connectivity index (χ3n) is 5.80. The second kappa shape index (κ2) is 8.52. The summed E-state index contributed by atoms with van der Waals surface area (Å²) in [5.74, 6) is 0. The molecule has 1 aromatic rings. The zero-order valence-corrected chi connectivity index (χ0v) is 18.7. The smallest absolute Gasteiger partial charge is 0.207 e. The Labute approximate surface area is 159 Å². The maximum absolute atomic E-state index is 12.7. The van der Waals surface area contributed by atoms with Gasteiger partial charge in [-0.2, -0.15) is 0 Å². The van der Waals surface area contributed by atoms with Crippen molar-refractivity contribution in [3.05, 3.63) is 29.8 Å². The highest BCUT2D eigenvalue weighted by molar-refractivity contribution is 7.92. The van der Waals surface area contributed by atoms with Crippen LogP contribution in [0.5, 0.6) is 0 Å². The predicted octanol–water partition coefficient (Wildman–Crippen LogP) is 3.03. The number of hydrogen-bond donors (Lipinski definition) is 3. The largest absolute Gasteiger partial charge is 0.394 e. The van der Waals surface area contributed by atoms with E-state index in [1.807, 2.05) is 48.5 Å². The Morgan fingerprint density at radius 1 is 0.808 bits per heavy atom. The molecule has 0 heterocycles. The van der Waals surface area contributed by atoms with Crippen LogP contribution in [0, 0.1) is 6.92 Å². The van der Waals surface area contributed by atoms with Crippen molar-refractivity contribution in [2.45, 2.75) is 87.3 Å². The number of benzene rings is 1. The van der Waals surface area contributed by atoms with Crippen molar-refractivity contribution in [2.24, 2.45) is 0 Å². The van der Waals surface area contributed by atoms with E-state index in [2.05, 4.69) is 0 Å². The fourth-order valence-electron chi connectivity index (χ4n) is 4.53. The lowest BCUT2D eigenvalue weighted by Crippen LogP contribution is -2.62. The van der Waals surface area contributed by atoms with Crippen LogP contribution in [-0.4, -0.2) is 49.1 Å². The summed E-state index contributed by atoms with van der Waals surface area (Å²) in [6.07, 6.45) is -1.75. The molecule has 0 bridgehead atoms. The van der Waals surface area contributed by atoms with Crippen LogP contribution < -0.4 is 0 Å². The maximum atomic E-state index is 12.7. The van der Waals surface area contributed by atoms with Gasteiger partial charge >= 0.3 is 0 Å². The van der Waals surface area contributed by atoms with Gasteiger partial charge in [0.2, 0.25) is 9.84 Å². The van der Waals surface area contributed by atoms with E-state index in [-0.39, 0.29) is 21.5 Å². The topological polar surface area (TPSA) is 94.8 Å². The average molecular weight is 403 g/mol. The first-order chi connectivity index (χ1) is 11.8. The summed E-state index contributed by atoms with van der Waals surface area (Å²) in [5.41, 5.74) is -2.09. The molecule has 0 aliphatic heterocycles. The van der Waals surface area contributed by atoms with E-state index >= 15 is 0 Å². The minimum Gasteiger partial charge on any atom is -0.394 e. The van der Waals surface area contributed by atoms with Crippen molar-refractivity contribution in [3.8, 4) is 0 Å². The quantitative estimate of drug-likeness (QED) is 0.581. The minimum absolute atomic E-state index is 0.0623. The Morgan fingerprint density at radius 3 is 1.54 bits per heavy atom. The van der Waals surface area contributed by atoms with Gasteiger partial charge in [0.25, 0.3) is 0 Å². The van der Waals surface area contributed by atoms with E-state index in [1.54, 1.807) is 12.1 Å². The summed E-state index contributed by atoms with van der Waals surface area (Å²) in [7, 11) is -6.73. The fraction of sp³-hybridized carbons (Fsp3) is 0.684. The fourth-order valence-corrected chi connectivity index (χ4v) is 12.8. The molecule has 5 nitrogen and oxygen atoms in total. The number of aliphatic hydroxyl groups excluding tert-OH is 3. The first-order valence-electron chi connectivity index (χ1n) is 9.15. The van der Waals surface area contributed by atoms with E-state index in [0.29, 0.717) is 0 Å². The third-order valence-corrected chi connectivity index (χ3v) is 15.0. The van der Waals surface area contributed by atoms with Crippen LogP contribution in [-0.2, 0) is 9.84 Å². The number of aryl methyl sites for hydroxylation is 1. The van der Waals surface area contributed by atoms with Crippen LogP contribution in [0.25, 0.3) is 0 Å². The lowest BCUT2D eigenvalue weighted by molar-refractivity contribution is -0.00159. The molecule has 1 aromatic carbocycles. The van der Waals surface area contributed by atoms with Gasteiger partial charge in [-0.25, -0.2) is 8.42 Å². The van der Waals surface area contributed by atoms with Gasteiger partial charge in [0.1, 0.15) is 6.10 Å². The number of rotatable bonds is 8. The standard InChI is InChI=1S/C19H34O5SSi/c1-12(2)26(13(3)4,14(5)6)19(22)17(20)18(21)25(23,24)16-10-8-15(7)9-11-16/h8-14,17-22H,1-7H3. The Kier molecular flexibility index (Phi) is 7.64. The van der Waals surface area contributed by atoms with Gasteiger partial charge in [0.15, 0.2) is 5.44 Å². The molecule has 150 valence electrons. The van der Waals surface area contributed by atoms with E-state index in [1.165, 1.54) is 12.1 Å². The molecule has 0 saturated carbocycles. The van der Waals surface area contributed by atoms with Crippen LogP contribution in [0.2, 0.25) is 16.6 Å². The van der Waals surface area contributed by atoms with Gasteiger partial charge in [-0.05, 0) is 35.7 Å². The zero-order chi connectivity index (χ0) is 20.4. The van der Waals surface area contributed by atoms with Crippen LogP contribution in [0.15, 0.2) is 29.2 Å². The van der Waals surface area contributed by atoms with Crippen molar-refractivity contribution in [1.82, 2.24) is 0 Å². The van der Waals surface area contributed by atoms with Crippen LogP contribution in [0.3, 0.4) is 0 Å². The molecule has 26 heavy (non-hydrogen) atoms. The van der Waals surface area contributed by atoms with Crippen molar-refractivity contribution < 1.29 is 23.7 Å². The Bertz CT molecular complexity index is 661. The average Bonchev–Trinajstić information content (AvgIpc) is 2.53. The third kappa shape index (κ3) is 4.07. The molecule has 0 fully saturated rings. The molecule has 3 unspecified atom stereocenters. The van der Waals surface area contributed by atoms with Gasteiger partial charge in [-0.15, -0.1) is 0 Å². The summed E-state index contributed by atoms with van der Waals surface area (Å²) in [6, 6.07) is 6.09. The van der Waals surface area contributed by atoms with Gasteiger partial charge in [0.05, 0.1) is 18.7 Å². The van der Waals surface area contributed by atoms with Crippen LogP contribution in [0.4, 0.5) is 0 Å².